The first-order valence-corrected chi connectivity index (χ1v) is 9.19. The number of amides is 2. The van der Waals surface area contributed by atoms with Crippen LogP contribution in [0.1, 0.15) is 22.8 Å². The normalized spacial score (nSPS) is 11.5. The molecule has 0 fully saturated rings. The third-order valence-electron chi connectivity index (χ3n) is 3.96. The SMILES string of the molecule is CNC(=O)c1ccc(CN(C)C(=O)[C@@H](C)Sc2ccc(OC)cc2)cc1. The number of benzene rings is 2. The average molecular weight is 372 g/mol. The van der Waals surface area contributed by atoms with Gasteiger partial charge in [-0.1, -0.05) is 12.1 Å². The van der Waals surface area contributed by atoms with Crippen LogP contribution in [0.5, 0.6) is 5.75 Å². The number of ether oxygens (including phenoxy) is 1. The van der Waals surface area contributed by atoms with Gasteiger partial charge >= 0.3 is 0 Å². The van der Waals surface area contributed by atoms with E-state index in [9.17, 15) is 9.59 Å². The first-order chi connectivity index (χ1) is 12.4. The fourth-order valence-corrected chi connectivity index (χ4v) is 3.46. The number of nitrogens with zero attached hydrogens (tertiary/aromatic N) is 1. The summed E-state index contributed by atoms with van der Waals surface area (Å²) in [7, 11) is 5.02. The van der Waals surface area contributed by atoms with Crippen LogP contribution < -0.4 is 10.1 Å². The minimum absolute atomic E-state index is 0.0567. The Balaban J connectivity index is 1.93. The van der Waals surface area contributed by atoms with Gasteiger partial charge in [-0.15, -0.1) is 11.8 Å². The fourth-order valence-electron chi connectivity index (χ4n) is 2.48. The van der Waals surface area contributed by atoms with E-state index in [1.165, 1.54) is 11.8 Å². The molecule has 0 heterocycles. The minimum atomic E-state index is -0.196. The summed E-state index contributed by atoms with van der Waals surface area (Å²) in [5.41, 5.74) is 1.59. The predicted octanol–water partition coefficient (Wildman–Crippen LogP) is 3.19. The van der Waals surface area contributed by atoms with Gasteiger partial charge in [-0.2, -0.15) is 0 Å². The topological polar surface area (TPSA) is 58.6 Å². The Morgan fingerprint density at radius 1 is 1.12 bits per heavy atom. The van der Waals surface area contributed by atoms with E-state index in [1.54, 1.807) is 38.2 Å². The van der Waals surface area contributed by atoms with E-state index in [-0.39, 0.29) is 17.1 Å². The molecule has 0 saturated heterocycles. The lowest BCUT2D eigenvalue weighted by Gasteiger charge is -2.21. The van der Waals surface area contributed by atoms with Crippen LogP contribution in [0.2, 0.25) is 0 Å². The van der Waals surface area contributed by atoms with Crippen LogP contribution in [0.15, 0.2) is 53.4 Å². The summed E-state index contributed by atoms with van der Waals surface area (Å²) in [5, 5.41) is 2.40. The van der Waals surface area contributed by atoms with Crippen molar-refractivity contribution in [1.29, 1.82) is 0 Å². The van der Waals surface area contributed by atoms with Gasteiger partial charge in [-0.3, -0.25) is 9.59 Å². The molecule has 5 nitrogen and oxygen atoms in total. The highest BCUT2D eigenvalue weighted by Gasteiger charge is 2.19. The van der Waals surface area contributed by atoms with Crippen LogP contribution in [0.3, 0.4) is 0 Å². The van der Waals surface area contributed by atoms with Crippen LogP contribution in [-0.4, -0.2) is 43.2 Å². The zero-order chi connectivity index (χ0) is 19.1. The highest BCUT2D eigenvalue weighted by atomic mass is 32.2. The highest BCUT2D eigenvalue weighted by Crippen LogP contribution is 2.26. The molecule has 0 unspecified atom stereocenters. The summed E-state index contributed by atoms with van der Waals surface area (Å²) in [6.07, 6.45) is 0. The van der Waals surface area contributed by atoms with E-state index >= 15 is 0 Å². The smallest absolute Gasteiger partial charge is 0.251 e. The molecule has 1 atom stereocenters. The van der Waals surface area contributed by atoms with Crippen LogP contribution >= 0.6 is 11.8 Å². The molecule has 6 heteroatoms. The van der Waals surface area contributed by atoms with Crippen molar-refractivity contribution in [3.8, 4) is 5.75 Å². The van der Waals surface area contributed by atoms with Crippen molar-refractivity contribution in [1.82, 2.24) is 10.2 Å². The summed E-state index contributed by atoms with van der Waals surface area (Å²) in [4.78, 5) is 26.9. The minimum Gasteiger partial charge on any atom is -0.497 e. The molecular formula is C20H24N2O3S. The quantitative estimate of drug-likeness (QED) is 0.759. The Hall–Kier alpha value is -2.47. The van der Waals surface area contributed by atoms with Gasteiger partial charge in [0.2, 0.25) is 5.91 Å². The van der Waals surface area contributed by atoms with Crippen molar-refractivity contribution in [3.63, 3.8) is 0 Å². The lowest BCUT2D eigenvalue weighted by Crippen LogP contribution is -2.32. The van der Waals surface area contributed by atoms with Gasteiger partial charge in [0, 0.05) is 31.1 Å². The van der Waals surface area contributed by atoms with E-state index in [2.05, 4.69) is 5.32 Å². The Kier molecular flexibility index (Phi) is 7.09. The standard InChI is InChI=1S/C20H24N2O3S/c1-14(26-18-11-9-17(25-4)10-12-18)20(24)22(3)13-15-5-7-16(8-6-15)19(23)21-2/h5-12,14H,13H2,1-4H3,(H,21,23)/t14-/m1/s1. The lowest BCUT2D eigenvalue weighted by molar-refractivity contribution is -0.129. The van der Waals surface area contributed by atoms with Crippen LogP contribution in [0.4, 0.5) is 0 Å². The molecule has 0 aliphatic heterocycles. The summed E-state index contributed by atoms with van der Waals surface area (Å²) in [6, 6.07) is 14.9. The molecule has 2 aromatic carbocycles. The second-order valence-electron chi connectivity index (χ2n) is 5.91. The number of hydrogen-bond donors (Lipinski definition) is 1. The van der Waals surface area contributed by atoms with E-state index in [4.69, 9.17) is 4.74 Å². The molecule has 0 aliphatic rings. The number of carbonyl (C=O) groups excluding carboxylic acids is 2. The summed E-state index contributed by atoms with van der Waals surface area (Å²) < 4.78 is 5.15. The zero-order valence-electron chi connectivity index (χ0n) is 15.5. The number of rotatable bonds is 7. The highest BCUT2D eigenvalue weighted by molar-refractivity contribution is 8.00. The third-order valence-corrected chi connectivity index (χ3v) is 5.06. The summed E-state index contributed by atoms with van der Waals surface area (Å²) in [6.45, 7) is 2.41. The molecule has 0 aliphatic carbocycles. The van der Waals surface area contributed by atoms with E-state index < -0.39 is 0 Å². The van der Waals surface area contributed by atoms with Crippen molar-refractivity contribution < 1.29 is 14.3 Å². The van der Waals surface area contributed by atoms with Gasteiger partial charge in [0.1, 0.15) is 5.75 Å². The number of thioether (sulfide) groups is 1. The lowest BCUT2D eigenvalue weighted by atomic mass is 10.1. The van der Waals surface area contributed by atoms with Gasteiger partial charge in [0.25, 0.3) is 5.91 Å². The maximum atomic E-state index is 12.6. The molecule has 26 heavy (non-hydrogen) atoms. The Morgan fingerprint density at radius 2 is 1.73 bits per heavy atom. The maximum absolute atomic E-state index is 12.6. The number of methoxy groups -OCH3 is 1. The first-order valence-electron chi connectivity index (χ1n) is 8.31. The van der Waals surface area contributed by atoms with E-state index in [0.29, 0.717) is 12.1 Å². The summed E-state index contributed by atoms with van der Waals surface area (Å²) in [5.74, 6) is 0.734. The molecule has 138 valence electrons. The van der Waals surface area contributed by atoms with Gasteiger partial charge in [0.15, 0.2) is 0 Å². The monoisotopic (exact) mass is 372 g/mol. The molecule has 0 bridgehead atoms. The largest absolute Gasteiger partial charge is 0.497 e. The zero-order valence-corrected chi connectivity index (χ0v) is 16.3. The molecule has 0 radical (unpaired) electrons. The van der Waals surface area contributed by atoms with Gasteiger partial charge in [-0.25, -0.2) is 0 Å². The number of hydrogen-bond acceptors (Lipinski definition) is 4. The Labute approximate surface area is 158 Å². The molecule has 0 saturated carbocycles. The third kappa shape index (κ3) is 5.26. The predicted molar refractivity (Wildman–Crippen MR) is 105 cm³/mol. The Morgan fingerprint density at radius 3 is 2.27 bits per heavy atom. The second kappa shape index (κ2) is 9.29. The maximum Gasteiger partial charge on any atom is 0.251 e. The van der Waals surface area contributed by atoms with Crippen molar-refractivity contribution >= 4 is 23.6 Å². The summed E-state index contributed by atoms with van der Waals surface area (Å²) >= 11 is 1.52. The van der Waals surface area contributed by atoms with Gasteiger partial charge in [0.05, 0.1) is 12.4 Å². The molecular weight excluding hydrogens is 348 g/mol. The van der Waals surface area contributed by atoms with Gasteiger partial charge < -0.3 is 15.0 Å². The van der Waals surface area contributed by atoms with Crippen molar-refractivity contribution in [2.24, 2.45) is 0 Å². The molecule has 1 N–H and O–H groups in total. The van der Waals surface area contributed by atoms with Crippen molar-refractivity contribution in [3.05, 3.63) is 59.7 Å². The molecule has 0 aromatic heterocycles. The van der Waals surface area contributed by atoms with Gasteiger partial charge in [-0.05, 0) is 48.9 Å². The average Bonchev–Trinajstić information content (AvgIpc) is 2.67. The van der Waals surface area contributed by atoms with Crippen molar-refractivity contribution in [2.45, 2.75) is 23.6 Å². The van der Waals surface area contributed by atoms with Crippen LogP contribution in [0.25, 0.3) is 0 Å². The first kappa shape index (κ1) is 19.8. The number of carbonyl (C=O) groups is 2. The van der Waals surface area contributed by atoms with E-state index in [1.807, 2.05) is 43.3 Å². The second-order valence-corrected chi connectivity index (χ2v) is 7.32. The molecule has 2 rings (SSSR count). The molecule has 2 aromatic rings. The Bertz CT molecular complexity index is 745. The molecule has 0 spiro atoms. The van der Waals surface area contributed by atoms with Crippen molar-refractivity contribution in [2.75, 3.05) is 21.2 Å². The van der Waals surface area contributed by atoms with Crippen LogP contribution in [0, 0.1) is 0 Å². The fraction of sp³-hybridized carbons (Fsp3) is 0.300. The number of nitrogens with one attached hydrogen (secondary N) is 1. The van der Waals surface area contributed by atoms with E-state index in [0.717, 1.165) is 16.2 Å². The van der Waals surface area contributed by atoms with Crippen LogP contribution in [-0.2, 0) is 11.3 Å². The molecule has 2 amide bonds.